The van der Waals surface area contributed by atoms with E-state index < -0.39 is 22.7 Å². The van der Waals surface area contributed by atoms with Gasteiger partial charge in [0.25, 0.3) is 0 Å². The lowest BCUT2D eigenvalue weighted by molar-refractivity contribution is -0.180. The Kier molecular flexibility index (Phi) is 6.69. The van der Waals surface area contributed by atoms with Gasteiger partial charge in [0.2, 0.25) is 0 Å². The van der Waals surface area contributed by atoms with Crippen LogP contribution in [-0.4, -0.2) is 33.5 Å². The third kappa shape index (κ3) is 5.41. The van der Waals surface area contributed by atoms with Crippen molar-refractivity contribution < 1.29 is 19.7 Å². The Hall–Kier alpha value is -0.610. The molecule has 0 spiro atoms. The van der Waals surface area contributed by atoms with E-state index in [0.717, 1.165) is 0 Å². The highest BCUT2D eigenvalue weighted by Gasteiger charge is 2.40. The van der Waals surface area contributed by atoms with E-state index in [1.807, 2.05) is 34.6 Å². The molecule has 0 aliphatic rings. The smallest absolute Gasteiger partial charge is 0.311 e. The zero-order valence-corrected chi connectivity index (χ0v) is 14.1. The SMILES string of the molecule is CCC(C)(O)CC(OC(=O)C(C)(C)CC)C(C)(O)CC. The number of esters is 1. The second-order valence-electron chi connectivity index (χ2n) is 6.90. The average molecular weight is 288 g/mol. The van der Waals surface area contributed by atoms with E-state index in [1.54, 1.807) is 13.8 Å². The molecule has 0 radical (unpaired) electrons. The molecule has 0 saturated carbocycles. The van der Waals surface area contributed by atoms with Gasteiger partial charge in [0.05, 0.1) is 16.6 Å². The summed E-state index contributed by atoms with van der Waals surface area (Å²) in [5.74, 6) is -0.328. The molecule has 0 fully saturated rings. The van der Waals surface area contributed by atoms with E-state index in [1.165, 1.54) is 0 Å². The van der Waals surface area contributed by atoms with Crippen LogP contribution in [0.25, 0.3) is 0 Å². The molecule has 0 rings (SSSR count). The molecule has 0 aromatic rings. The molecule has 0 aromatic carbocycles. The molecule has 120 valence electrons. The van der Waals surface area contributed by atoms with Crippen LogP contribution in [0.3, 0.4) is 0 Å². The lowest BCUT2D eigenvalue weighted by atomic mass is 9.85. The molecule has 0 aromatic heterocycles. The van der Waals surface area contributed by atoms with Gasteiger partial charge < -0.3 is 14.9 Å². The Morgan fingerprint density at radius 3 is 1.85 bits per heavy atom. The van der Waals surface area contributed by atoms with Gasteiger partial charge in [-0.15, -0.1) is 0 Å². The number of carbonyl (C=O) groups is 1. The second-order valence-corrected chi connectivity index (χ2v) is 6.90. The summed E-state index contributed by atoms with van der Waals surface area (Å²) in [6, 6.07) is 0. The molecule has 0 amide bonds. The molecule has 3 atom stereocenters. The molecule has 0 aliphatic carbocycles. The minimum Gasteiger partial charge on any atom is -0.459 e. The van der Waals surface area contributed by atoms with Crippen LogP contribution in [0.2, 0.25) is 0 Å². The minimum atomic E-state index is -1.14. The number of hydrogen-bond donors (Lipinski definition) is 2. The zero-order chi connectivity index (χ0) is 16.2. The van der Waals surface area contributed by atoms with Gasteiger partial charge in [0.15, 0.2) is 0 Å². The van der Waals surface area contributed by atoms with Crippen molar-refractivity contribution in [3.05, 3.63) is 0 Å². The summed E-state index contributed by atoms with van der Waals surface area (Å²) in [5.41, 5.74) is -2.68. The van der Waals surface area contributed by atoms with Gasteiger partial charge in [-0.2, -0.15) is 0 Å². The summed E-state index contributed by atoms with van der Waals surface area (Å²) in [6.07, 6.45) is 1.18. The van der Waals surface area contributed by atoms with Crippen LogP contribution in [0, 0.1) is 5.41 Å². The minimum absolute atomic E-state index is 0.232. The van der Waals surface area contributed by atoms with E-state index in [4.69, 9.17) is 4.74 Å². The van der Waals surface area contributed by atoms with Crippen molar-refractivity contribution in [2.24, 2.45) is 5.41 Å². The van der Waals surface area contributed by atoms with E-state index in [2.05, 4.69) is 0 Å². The highest BCUT2D eigenvalue weighted by molar-refractivity contribution is 5.76. The predicted molar refractivity (Wildman–Crippen MR) is 80.4 cm³/mol. The molecule has 4 nitrogen and oxygen atoms in total. The fourth-order valence-corrected chi connectivity index (χ4v) is 1.59. The van der Waals surface area contributed by atoms with Gasteiger partial charge in [0, 0.05) is 6.42 Å². The van der Waals surface area contributed by atoms with Crippen LogP contribution in [0.15, 0.2) is 0 Å². The van der Waals surface area contributed by atoms with Gasteiger partial charge in [-0.1, -0.05) is 20.8 Å². The van der Waals surface area contributed by atoms with Crippen molar-refractivity contribution in [3.63, 3.8) is 0 Å². The third-order valence-electron chi connectivity index (χ3n) is 4.48. The Bertz CT molecular complexity index is 318. The predicted octanol–water partition coefficient (Wildman–Crippen LogP) is 3.05. The molecule has 2 N–H and O–H groups in total. The van der Waals surface area contributed by atoms with Gasteiger partial charge in [-0.3, -0.25) is 4.79 Å². The van der Waals surface area contributed by atoms with Crippen LogP contribution in [0.4, 0.5) is 0 Å². The standard InChI is InChI=1S/C16H32O4/c1-8-14(4,5)13(17)20-12(16(7,19)10-3)11-15(6,18)9-2/h12,18-19H,8-11H2,1-7H3. The lowest BCUT2D eigenvalue weighted by Crippen LogP contribution is -2.48. The quantitative estimate of drug-likeness (QED) is 0.674. The molecule has 0 aliphatic heterocycles. The second kappa shape index (κ2) is 6.90. The van der Waals surface area contributed by atoms with Crippen LogP contribution in [0.5, 0.6) is 0 Å². The molecule has 20 heavy (non-hydrogen) atoms. The Labute approximate surface area is 123 Å². The fraction of sp³-hybridized carbons (Fsp3) is 0.938. The summed E-state index contributed by atoms with van der Waals surface area (Å²) in [4.78, 5) is 12.2. The molecule has 0 heterocycles. The zero-order valence-electron chi connectivity index (χ0n) is 14.1. The molecular formula is C16H32O4. The van der Waals surface area contributed by atoms with Crippen LogP contribution < -0.4 is 0 Å². The summed E-state index contributed by atoms with van der Waals surface area (Å²) in [5, 5.41) is 20.7. The highest BCUT2D eigenvalue weighted by Crippen LogP contribution is 2.30. The number of ether oxygens (including phenoxy) is 1. The van der Waals surface area contributed by atoms with E-state index in [0.29, 0.717) is 19.3 Å². The van der Waals surface area contributed by atoms with E-state index in [9.17, 15) is 15.0 Å². The Balaban J connectivity index is 5.12. The van der Waals surface area contributed by atoms with Crippen LogP contribution >= 0.6 is 0 Å². The average Bonchev–Trinajstić information content (AvgIpc) is 2.37. The van der Waals surface area contributed by atoms with Gasteiger partial charge in [0.1, 0.15) is 6.10 Å². The lowest BCUT2D eigenvalue weighted by Gasteiger charge is -2.37. The van der Waals surface area contributed by atoms with Gasteiger partial charge in [-0.05, 0) is 47.0 Å². The number of aliphatic hydroxyl groups is 2. The third-order valence-corrected chi connectivity index (χ3v) is 4.48. The van der Waals surface area contributed by atoms with Crippen molar-refractivity contribution in [1.82, 2.24) is 0 Å². The summed E-state index contributed by atoms with van der Waals surface area (Å²) in [6.45, 7) is 12.6. The van der Waals surface area contributed by atoms with Crippen molar-refractivity contribution in [3.8, 4) is 0 Å². The monoisotopic (exact) mass is 288 g/mol. The molecule has 0 bridgehead atoms. The summed E-state index contributed by atoms with van der Waals surface area (Å²) >= 11 is 0. The number of carbonyl (C=O) groups excluding carboxylic acids is 1. The molecular weight excluding hydrogens is 256 g/mol. The number of rotatable bonds is 8. The van der Waals surface area contributed by atoms with Gasteiger partial charge in [-0.25, -0.2) is 0 Å². The Morgan fingerprint density at radius 2 is 1.50 bits per heavy atom. The van der Waals surface area contributed by atoms with Crippen LogP contribution in [-0.2, 0) is 9.53 Å². The van der Waals surface area contributed by atoms with Gasteiger partial charge >= 0.3 is 5.97 Å². The van der Waals surface area contributed by atoms with E-state index in [-0.39, 0.29) is 12.4 Å². The van der Waals surface area contributed by atoms with Crippen molar-refractivity contribution >= 4 is 5.97 Å². The first kappa shape index (κ1) is 19.4. The van der Waals surface area contributed by atoms with E-state index >= 15 is 0 Å². The molecule has 0 saturated heterocycles. The first-order valence-corrected chi connectivity index (χ1v) is 7.57. The topological polar surface area (TPSA) is 66.8 Å². The largest absolute Gasteiger partial charge is 0.459 e. The first-order valence-electron chi connectivity index (χ1n) is 7.57. The Morgan fingerprint density at radius 1 is 1.00 bits per heavy atom. The highest BCUT2D eigenvalue weighted by atomic mass is 16.6. The number of hydrogen-bond acceptors (Lipinski definition) is 4. The normalized spacial score (nSPS) is 19.9. The fourth-order valence-electron chi connectivity index (χ4n) is 1.59. The van der Waals surface area contributed by atoms with Crippen LogP contribution in [0.1, 0.15) is 74.1 Å². The summed E-state index contributed by atoms with van der Waals surface area (Å²) in [7, 11) is 0. The molecule has 3 unspecified atom stereocenters. The maximum Gasteiger partial charge on any atom is 0.311 e. The van der Waals surface area contributed by atoms with Crippen molar-refractivity contribution in [1.29, 1.82) is 0 Å². The maximum absolute atomic E-state index is 12.2. The maximum atomic E-state index is 12.2. The van der Waals surface area contributed by atoms with Crippen molar-refractivity contribution in [2.75, 3.05) is 0 Å². The summed E-state index contributed by atoms with van der Waals surface area (Å²) < 4.78 is 5.55. The van der Waals surface area contributed by atoms with Crippen molar-refractivity contribution in [2.45, 2.75) is 91.5 Å². The first-order chi connectivity index (χ1) is 8.91. The molecule has 4 heteroatoms.